The van der Waals surface area contributed by atoms with E-state index < -0.39 is 9.84 Å². The van der Waals surface area contributed by atoms with Crippen molar-refractivity contribution in [3.8, 4) is 0 Å². The minimum Gasteiger partial charge on any atom is -0.380 e. The normalized spacial score (nSPS) is 27.2. The SMILES string of the molecule is CN(C)C1CS(=O)(=O)CC1Nc1ccccc1. The van der Waals surface area contributed by atoms with Gasteiger partial charge >= 0.3 is 0 Å². The van der Waals surface area contributed by atoms with E-state index in [4.69, 9.17) is 0 Å². The van der Waals surface area contributed by atoms with E-state index >= 15 is 0 Å². The van der Waals surface area contributed by atoms with Crippen LogP contribution in [-0.4, -0.2) is 51.0 Å². The van der Waals surface area contributed by atoms with Crippen LogP contribution in [0.25, 0.3) is 0 Å². The van der Waals surface area contributed by atoms with Crippen molar-refractivity contribution in [2.24, 2.45) is 0 Å². The molecule has 4 nitrogen and oxygen atoms in total. The van der Waals surface area contributed by atoms with Crippen molar-refractivity contribution < 1.29 is 8.42 Å². The summed E-state index contributed by atoms with van der Waals surface area (Å²) in [6.07, 6.45) is 0. The summed E-state index contributed by atoms with van der Waals surface area (Å²) in [6, 6.07) is 9.75. The molecule has 1 aromatic carbocycles. The third-order valence-electron chi connectivity index (χ3n) is 3.11. The highest BCUT2D eigenvalue weighted by molar-refractivity contribution is 7.91. The largest absolute Gasteiger partial charge is 0.380 e. The molecular formula is C12H18N2O2S. The van der Waals surface area contributed by atoms with Gasteiger partial charge in [-0.05, 0) is 26.2 Å². The number of sulfone groups is 1. The van der Waals surface area contributed by atoms with Gasteiger partial charge in [0.25, 0.3) is 0 Å². The molecule has 0 radical (unpaired) electrons. The third-order valence-corrected chi connectivity index (χ3v) is 4.83. The molecule has 0 spiro atoms. The fourth-order valence-electron chi connectivity index (χ4n) is 2.22. The summed E-state index contributed by atoms with van der Waals surface area (Å²) >= 11 is 0. The highest BCUT2D eigenvalue weighted by atomic mass is 32.2. The number of rotatable bonds is 3. The summed E-state index contributed by atoms with van der Waals surface area (Å²) in [5.74, 6) is 0.454. The van der Waals surface area contributed by atoms with Crippen LogP contribution < -0.4 is 5.32 Å². The van der Waals surface area contributed by atoms with Gasteiger partial charge in [-0.15, -0.1) is 0 Å². The Morgan fingerprint density at radius 3 is 2.41 bits per heavy atom. The predicted molar refractivity (Wildman–Crippen MR) is 70.0 cm³/mol. The van der Waals surface area contributed by atoms with Crippen molar-refractivity contribution in [2.75, 3.05) is 30.9 Å². The minimum absolute atomic E-state index is 0.0302. The zero-order valence-electron chi connectivity index (χ0n) is 10.1. The number of benzene rings is 1. The fourth-order valence-corrected chi connectivity index (χ4v) is 4.26. The third kappa shape index (κ3) is 2.98. The molecule has 2 atom stereocenters. The lowest BCUT2D eigenvalue weighted by atomic mass is 10.1. The van der Waals surface area contributed by atoms with Crippen LogP contribution in [0.4, 0.5) is 5.69 Å². The van der Waals surface area contributed by atoms with Crippen molar-refractivity contribution >= 4 is 15.5 Å². The lowest BCUT2D eigenvalue weighted by Gasteiger charge is -2.26. The van der Waals surface area contributed by atoms with E-state index in [-0.39, 0.29) is 23.6 Å². The summed E-state index contributed by atoms with van der Waals surface area (Å²) in [6.45, 7) is 0. The van der Waals surface area contributed by atoms with Crippen LogP contribution >= 0.6 is 0 Å². The first-order valence-electron chi connectivity index (χ1n) is 5.66. The van der Waals surface area contributed by atoms with Crippen molar-refractivity contribution in [3.63, 3.8) is 0 Å². The molecule has 1 aliphatic heterocycles. The van der Waals surface area contributed by atoms with E-state index in [1.54, 1.807) is 0 Å². The van der Waals surface area contributed by atoms with Crippen LogP contribution in [0.1, 0.15) is 0 Å². The monoisotopic (exact) mass is 254 g/mol. The van der Waals surface area contributed by atoms with Gasteiger partial charge in [0.2, 0.25) is 0 Å². The Morgan fingerprint density at radius 2 is 1.82 bits per heavy atom. The molecule has 0 aliphatic carbocycles. The zero-order chi connectivity index (χ0) is 12.5. The van der Waals surface area contributed by atoms with E-state index in [2.05, 4.69) is 5.32 Å². The first-order valence-corrected chi connectivity index (χ1v) is 7.48. The van der Waals surface area contributed by atoms with Gasteiger partial charge in [0.15, 0.2) is 9.84 Å². The number of nitrogens with zero attached hydrogens (tertiary/aromatic N) is 1. The van der Waals surface area contributed by atoms with E-state index in [1.165, 1.54) is 0 Å². The number of hydrogen-bond donors (Lipinski definition) is 1. The van der Waals surface area contributed by atoms with Gasteiger partial charge in [0.1, 0.15) is 0 Å². The van der Waals surface area contributed by atoms with Gasteiger partial charge < -0.3 is 10.2 Å². The zero-order valence-corrected chi connectivity index (χ0v) is 10.9. The highest BCUT2D eigenvalue weighted by Crippen LogP contribution is 2.20. The van der Waals surface area contributed by atoms with Crippen LogP contribution in [0.3, 0.4) is 0 Å². The lowest BCUT2D eigenvalue weighted by molar-refractivity contribution is 0.304. The predicted octanol–water partition coefficient (Wildman–Crippen LogP) is 0.826. The van der Waals surface area contributed by atoms with E-state index in [9.17, 15) is 8.42 Å². The van der Waals surface area contributed by atoms with Gasteiger partial charge in [0, 0.05) is 11.7 Å². The quantitative estimate of drug-likeness (QED) is 0.868. The van der Waals surface area contributed by atoms with Crippen molar-refractivity contribution in [1.29, 1.82) is 0 Å². The van der Waals surface area contributed by atoms with Crippen LogP contribution in [0.15, 0.2) is 30.3 Å². The van der Waals surface area contributed by atoms with E-state index in [1.807, 2.05) is 49.3 Å². The second-order valence-corrected chi connectivity index (χ2v) is 6.88. The van der Waals surface area contributed by atoms with Gasteiger partial charge in [-0.3, -0.25) is 0 Å². The van der Waals surface area contributed by atoms with Gasteiger partial charge in [-0.2, -0.15) is 0 Å². The number of anilines is 1. The molecule has 2 rings (SSSR count). The molecule has 0 amide bonds. The Kier molecular flexibility index (Phi) is 3.40. The second kappa shape index (κ2) is 4.66. The first kappa shape index (κ1) is 12.4. The Hall–Kier alpha value is -1.07. The molecule has 1 heterocycles. The molecule has 0 aromatic heterocycles. The summed E-state index contributed by atoms with van der Waals surface area (Å²) < 4.78 is 23.4. The fraction of sp³-hybridized carbons (Fsp3) is 0.500. The average Bonchev–Trinajstić information content (AvgIpc) is 2.55. The molecule has 1 aliphatic rings. The minimum atomic E-state index is -2.91. The maximum Gasteiger partial charge on any atom is 0.153 e. The molecule has 0 saturated carbocycles. The standard InChI is InChI=1S/C12H18N2O2S/c1-14(2)12-9-17(15,16)8-11(12)13-10-6-4-3-5-7-10/h3-7,11-13H,8-9H2,1-2H3. The lowest BCUT2D eigenvalue weighted by Crippen LogP contribution is -2.42. The molecule has 94 valence electrons. The maximum absolute atomic E-state index is 11.7. The second-order valence-electron chi connectivity index (χ2n) is 4.72. The molecule has 5 heteroatoms. The topological polar surface area (TPSA) is 49.4 Å². The molecule has 17 heavy (non-hydrogen) atoms. The molecule has 1 aromatic rings. The number of para-hydroxylation sites is 1. The summed E-state index contributed by atoms with van der Waals surface area (Å²) in [5, 5.41) is 3.31. The molecule has 1 fully saturated rings. The van der Waals surface area contributed by atoms with E-state index in [0.717, 1.165) is 5.69 Å². The van der Waals surface area contributed by atoms with Gasteiger partial charge in [0.05, 0.1) is 17.5 Å². The smallest absolute Gasteiger partial charge is 0.153 e. The van der Waals surface area contributed by atoms with Gasteiger partial charge in [-0.25, -0.2) is 8.42 Å². The van der Waals surface area contributed by atoms with Crippen molar-refractivity contribution in [3.05, 3.63) is 30.3 Å². The Bertz CT molecular complexity index is 471. The van der Waals surface area contributed by atoms with Crippen LogP contribution in [-0.2, 0) is 9.84 Å². The Balaban J connectivity index is 2.14. The summed E-state index contributed by atoms with van der Waals surface area (Å²) in [5.41, 5.74) is 0.974. The summed E-state index contributed by atoms with van der Waals surface area (Å²) in [7, 11) is 0.930. The summed E-state index contributed by atoms with van der Waals surface area (Å²) in [4.78, 5) is 1.98. The average molecular weight is 254 g/mol. The first-order chi connectivity index (χ1) is 7.98. The Morgan fingerprint density at radius 1 is 1.18 bits per heavy atom. The van der Waals surface area contributed by atoms with Crippen molar-refractivity contribution in [2.45, 2.75) is 12.1 Å². The van der Waals surface area contributed by atoms with Gasteiger partial charge in [-0.1, -0.05) is 18.2 Å². The van der Waals surface area contributed by atoms with Crippen LogP contribution in [0.2, 0.25) is 0 Å². The maximum atomic E-state index is 11.7. The highest BCUT2D eigenvalue weighted by Gasteiger charge is 2.38. The molecular weight excluding hydrogens is 236 g/mol. The van der Waals surface area contributed by atoms with E-state index in [0.29, 0.717) is 0 Å². The molecule has 2 unspecified atom stereocenters. The van der Waals surface area contributed by atoms with Crippen LogP contribution in [0.5, 0.6) is 0 Å². The Labute approximate surface area is 103 Å². The molecule has 0 bridgehead atoms. The number of likely N-dealkylation sites (N-methyl/N-ethyl adjacent to an activating group) is 1. The number of nitrogens with one attached hydrogen (secondary N) is 1. The van der Waals surface area contributed by atoms with Crippen molar-refractivity contribution in [1.82, 2.24) is 4.90 Å². The number of hydrogen-bond acceptors (Lipinski definition) is 4. The molecule has 1 N–H and O–H groups in total. The molecule has 1 saturated heterocycles. The van der Waals surface area contributed by atoms with Crippen LogP contribution in [0, 0.1) is 0 Å².